The monoisotopic (exact) mass is 489 g/mol. The highest BCUT2D eigenvalue weighted by atomic mass is 35.5. The van der Waals surface area contributed by atoms with Crippen molar-refractivity contribution in [3.8, 4) is 11.3 Å². The summed E-state index contributed by atoms with van der Waals surface area (Å²) in [6, 6.07) is 7.95. The number of hydrogen-bond acceptors (Lipinski definition) is 6. The fourth-order valence-corrected chi connectivity index (χ4v) is 3.51. The van der Waals surface area contributed by atoms with Crippen LogP contribution in [0.25, 0.3) is 11.3 Å². The van der Waals surface area contributed by atoms with Crippen LogP contribution in [0.1, 0.15) is 17.4 Å². The number of aromatic nitrogens is 2. The number of pyridine rings is 1. The Bertz CT molecular complexity index is 1090. The number of carbonyl (C=O) groups excluding carboxylic acids is 2. The number of anilines is 1. The van der Waals surface area contributed by atoms with Gasteiger partial charge in [0.05, 0.1) is 20.8 Å². The molecule has 150 valence electrons. The van der Waals surface area contributed by atoms with E-state index in [0.29, 0.717) is 20.9 Å². The summed E-state index contributed by atoms with van der Waals surface area (Å²) in [6.07, 6.45) is -1.11. The van der Waals surface area contributed by atoms with Gasteiger partial charge in [-0.2, -0.15) is 0 Å². The second-order valence-corrected chi connectivity index (χ2v) is 8.13. The molecule has 0 aliphatic rings. The molecule has 11 heteroatoms. The summed E-state index contributed by atoms with van der Waals surface area (Å²) in [5, 5.41) is 5.66. The van der Waals surface area contributed by atoms with Crippen LogP contribution in [0.2, 0.25) is 20.2 Å². The number of nitrogens with zero attached hydrogens (tertiary/aromatic N) is 2. The average Bonchev–Trinajstić information content (AvgIpc) is 3.14. The van der Waals surface area contributed by atoms with E-state index in [1.807, 2.05) is 0 Å². The number of thiazole rings is 1. The first kappa shape index (κ1) is 21.8. The lowest BCUT2D eigenvalue weighted by atomic mass is 10.2. The minimum Gasteiger partial charge on any atom is -0.448 e. The number of carbonyl (C=O) groups is 2. The van der Waals surface area contributed by atoms with E-state index in [2.05, 4.69) is 15.3 Å². The van der Waals surface area contributed by atoms with Crippen molar-refractivity contribution in [3.05, 3.63) is 61.6 Å². The van der Waals surface area contributed by atoms with E-state index >= 15 is 0 Å². The molecule has 1 atom stereocenters. The highest BCUT2D eigenvalue weighted by molar-refractivity contribution is 7.14. The number of halogens is 4. The number of rotatable bonds is 5. The van der Waals surface area contributed by atoms with Crippen molar-refractivity contribution in [2.75, 3.05) is 5.32 Å². The lowest BCUT2D eigenvalue weighted by Crippen LogP contribution is -2.30. The molecule has 29 heavy (non-hydrogen) atoms. The van der Waals surface area contributed by atoms with E-state index in [1.165, 1.54) is 30.4 Å². The van der Waals surface area contributed by atoms with Gasteiger partial charge in [0.1, 0.15) is 5.15 Å². The SMILES string of the molecule is CC(OC(=O)c1nc(Cl)ccc1Cl)C(=O)Nc1nc(-c2ccc(Cl)c(Cl)c2)cs1. The first-order chi connectivity index (χ1) is 13.7. The van der Waals surface area contributed by atoms with Gasteiger partial charge >= 0.3 is 5.97 Å². The van der Waals surface area contributed by atoms with Gasteiger partial charge in [-0.1, -0.05) is 52.5 Å². The Balaban J connectivity index is 1.65. The molecule has 1 amide bonds. The van der Waals surface area contributed by atoms with E-state index < -0.39 is 18.0 Å². The van der Waals surface area contributed by atoms with Crippen LogP contribution in [-0.4, -0.2) is 27.9 Å². The highest BCUT2D eigenvalue weighted by Gasteiger charge is 2.23. The second kappa shape index (κ2) is 9.28. The Hall–Kier alpha value is -1.90. The van der Waals surface area contributed by atoms with E-state index in [1.54, 1.807) is 23.6 Å². The molecule has 3 aromatic rings. The van der Waals surface area contributed by atoms with Gasteiger partial charge in [0.25, 0.3) is 5.91 Å². The minimum absolute atomic E-state index is 0.0678. The van der Waals surface area contributed by atoms with Crippen molar-refractivity contribution in [2.45, 2.75) is 13.0 Å². The van der Waals surface area contributed by atoms with Crippen molar-refractivity contribution in [1.82, 2.24) is 9.97 Å². The number of benzene rings is 1. The maximum Gasteiger partial charge on any atom is 0.359 e. The molecule has 0 fully saturated rings. The predicted molar refractivity (Wildman–Crippen MR) is 115 cm³/mol. The number of nitrogens with one attached hydrogen (secondary N) is 1. The van der Waals surface area contributed by atoms with Gasteiger partial charge in [0.15, 0.2) is 16.9 Å². The van der Waals surface area contributed by atoms with Crippen LogP contribution < -0.4 is 5.32 Å². The van der Waals surface area contributed by atoms with E-state index in [9.17, 15) is 9.59 Å². The Labute approximate surface area is 189 Å². The van der Waals surface area contributed by atoms with Gasteiger partial charge in [0.2, 0.25) is 0 Å². The normalized spacial score (nSPS) is 11.8. The van der Waals surface area contributed by atoms with Gasteiger partial charge < -0.3 is 4.74 Å². The Kier molecular flexibility index (Phi) is 6.97. The number of amides is 1. The van der Waals surface area contributed by atoms with Crippen molar-refractivity contribution in [1.29, 1.82) is 0 Å². The largest absolute Gasteiger partial charge is 0.448 e. The van der Waals surface area contributed by atoms with Gasteiger partial charge in [-0.15, -0.1) is 11.3 Å². The topological polar surface area (TPSA) is 81.2 Å². The summed E-state index contributed by atoms with van der Waals surface area (Å²) < 4.78 is 5.11. The average molecular weight is 491 g/mol. The van der Waals surface area contributed by atoms with E-state index in [4.69, 9.17) is 51.1 Å². The molecule has 2 heterocycles. The third-order valence-corrected chi connectivity index (χ3v) is 5.62. The Morgan fingerprint density at radius 3 is 2.48 bits per heavy atom. The molecule has 0 spiro atoms. The molecule has 1 N–H and O–H groups in total. The molecule has 0 bridgehead atoms. The zero-order chi connectivity index (χ0) is 21.1. The Morgan fingerprint density at radius 1 is 1.03 bits per heavy atom. The summed E-state index contributed by atoms with van der Waals surface area (Å²) in [5.74, 6) is -1.43. The van der Waals surface area contributed by atoms with Crippen LogP contribution in [-0.2, 0) is 9.53 Å². The molecule has 0 saturated heterocycles. The van der Waals surface area contributed by atoms with Gasteiger partial charge in [-0.05, 0) is 31.2 Å². The third-order valence-electron chi connectivity index (χ3n) is 3.61. The summed E-state index contributed by atoms with van der Waals surface area (Å²) in [4.78, 5) is 32.7. The molecule has 3 rings (SSSR count). The summed E-state index contributed by atoms with van der Waals surface area (Å²) in [7, 11) is 0. The Morgan fingerprint density at radius 2 is 1.76 bits per heavy atom. The number of hydrogen-bond donors (Lipinski definition) is 1. The molecule has 6 nitrogen and oxygen atoms in total. The van der Waals surface area contributed by atoms with Crippen LogP contribution >= 0.6 is 57.7 Å². The van der Waals surface area contributed by atoms with Crippen LogP contribution in [0.3, 0.4) is 0 Å². The zero-order valence-electron chi connectivity index (χ0n) is 14.6. The molecule has 1 unspecified atom stereocenters. The van der Waals surface area contributed by atoms with Crippen LogP contribution in [0.5, 0.6) is 0 Å². The predicted octanol–water partition coefficient (Wildman–Crippen LogP) is 6.00. The molecule has 1 aromatic carbocycles. The maximum atomic E-state index is 12.3. The molecule has 0 saturated carbocycles. The molecular formula is C18H11Cl4N3O3S. The number of ether oxygens (including phenoxy) is 1. The van der Waals surface area contributed by atoms with Crippen LogP contribution in [0.4, 0.5) is 5.13 Å². The minimum atomic E-state index is -1.11. The molecule has 0 radical (unpaired) electrons. The van der Waals surface area contributed by atoms with E-state index in [0.717, 1.165) is 5.56 Å². The smallest absolute Gasteiger partial charge is 0.359 e. The second-order valence-electron chi connectivity index (χ2n) is 5.67. The summed E-state index contributed by atoms with van der Waals surface area (Å²) >= 11 is 24.8. The highest BCUT2D eigenvalue weighted by Crippen LogP contribution is 2.30. The summed E-state index contributed by atoms with van der Waals surface area (Å²) in [6.45, 7) is 1.42. The quantitative estimate of drug-likeness (QED) is 0.350. The van der Waals surface area contributed by atoms with Crippen molar-refractivity contribution >= 4 is 74.7 Å². The van der Waals surface area contributed by atoms with Crippen molar-refractivity contribution in [2.24, 2.45) is 0 Å². The van der Waals surface area contributed by atoms with Crippen LogP contribution in [0.15, 0.2) is 35.7 Å². The molecular weight excluding hydrogens is 480 g/mol. The zero-order valence-corrected chi connectivity index (χ0v) is 18.4. The summed E-state index contributed by atoms with van der Waals surface area (Å²) in [5.41, 5.74) is 1.19. The molecule has 0 aliphatic carbocycles. The maximum absolute atomic E-state index is 12.3. The lowest BCUT2D eigenvalue weighted by molar-refractivity contribution is -0.123. The molecule has 2 aromatic heterocycles. The standard InChI is InChI=1S/C18H11Cl4N3O3S/c1-8(28-17(27)15-11(20)4-5-14(22)24-15)16(26)25-18-23-13(7-29-18)9-2-3-10(19)12(21)6-9/h2-8H,1H3,(H,23,25,26). The van der Waals surface area contributed by atoms with Crippen molar-refractivity contribution in [3.63, 3.8) is 0 Å². The van der Waals surface area contributed by atoms with Crippen molar-refractivity contribution < 1.29 is 14.3 Å². The van der Waals surface area contributed by atoms with Gasteiger partial charge in [0, 0.05) is 10.9 Å². The fraction of sp³-hybridized carbons (Fsp3) is 0.111. The lowest BCUT2D eigenvalue weighted by Gasteiger charge is -2.12. The first-order valence-electron chi connectivity index (χ1n) is 7.99. The van der Waals surface area contributed by atoms with Gasteiger partial charge in [-0.25, -0.2) is 14.8 Å². The molecule has 0 aliphatic heterocycles. The fourth-order valence-electron chi connectivity index (χ4n) is 2.16. The van der Waals surface area contributed by atoms with E-state index in [-0.39, 0.29) is 15.9 Å². The third kappa shape index (κ3) is 5.38. The number of esters is 1. The van der Waals surface area contributed by atoms with Gasteiger partial charge in [-0.3, -0.25) is 10.1 Å². The first-order valence-corrected chi connectivity index (χ1v) is 10.4. The van der Waals surface area contributed by atoms with Crippen LogP contribution in [0, 0.1) is 0 Å².